The van der Waals surface area contributed by atoms with Crippen LogP contribution in [0, 0.1) is 13.8 Å². The summed E-state index contributed by atoms with van der Waals surface area (Å²) < 4.78 is 2.25. The summed E-state index contributed by atoms with van der Waals surface area (Å²) in [5, 5.41) is 0. The topological polar surface area (TPSA) is 46.8 Å². The Morgan fingerprint density at radius 2 is 1.95 bits per heavy atom. The molecule has 0 bridgehead atoms. The second-order valence-electron chi connectivity index (χ2n) is 6.57. The molecule has 2 aromatic rings. The van der Waals surface area contributed by atoms with Gasteiger partial charge in [0.05, 0.1) is 6.54 Å². The first kappa shape index (κ1) is 15.2. The number of hydrogen-bond acceptors (Lipinski definition) is 4. The highest BCUT2D eigenvalue weighted by atomic mass is 15.2. The van der Waals surface area contributed by atoms with Crippen molar-refractivity contribution in [1.29, 1.82) is 0 Å². The van der Waals surface area contributed by atoms with Gasteiger partial charge >= 0.3 is 0 Å². The fourth-order valence-electron chi connectivity index (χ4n) is 3.26. The van der Waals surface area contributed by atoms with Crippen molar-refractivity contribution in [3.63, 3.8) is 0 Å². The second kappa shape index (κ2) is 6.16. The van der Waals surface area contributed by atoms with Crippen LogP contribution in [0.3, 0.4) is 0 Å². The number of likely N-dealkylation sites (tertiary alicyclic amines) is 1. The third-order valence-corrected chi connectivity index (χ3v) is 4.31. The molecule has 5 nitrogen and oxygen atoms in total. The minimum Gasteiger partial charge on any atom is -0.331 e. The van der Waals surface area contributed by atoms with E-state index >= 15 is 0 Å². The SMILES string of the molecule is Cc1cc(C)nc(C2CCN(Cc3nccn3C(C)C)C2)n1. The maximum Gasteiger partial charge on any atom is 0.133 e. The molecule has 1 unspecified atom stereocenters. The highest BCUT2D eigenvalue weighted by molar-refractivity contribution is 5.12. The molecule has 3 heterocycles. The van der Waals surface area contributed by atoms with Crippen LogP contribution in [0.25, 0.3) is 0 Å². The fourth-order valence-corrected chi connectivity index (χ4v) is 3.26. The smallest absolute Gasteiger partial charge is 0.133 e. The molecule has 2 aromatic heterocycles. The van der Waals surface area contributed by atoms with Gasteiger partial charge < -0.3 is 4.57 Å². The molecule has 0 aliphatic carbocycles. The van der Waals surface area contributed by atoms with Gasteiger partial charge in [-0.25, -0.2) is 15.0 Å². The van der Waals surface area contributed by atoms with Gasteiger partial charge in [0.15, 0.2) is 0 Å². The van der Waals surface area contributed by atoms with Crippen LogP contribution in [0.4, 0.5) is 0 Å². The molecule has 118 valence electrons. The van der Waals surface area contributed by atoms with E-state index in [1.807, 2.05) is 26.1 Å². The number of aryl methyl sites for hydroxylation is 2. The maximum absolute atomic E-state index is 4.63. The summed E-state index contributed by atoms with van der Waals surface area (Å²) in [6.45, 7) is 11.5. The summed E-state index contributed by atoms with van der Waals surface area (Å²) in [5.74, 6) is 2.60. The summed E-state index contributed by atoms with van der Waals surface area (Å²) in [5.41, 5.74) is 2.13. The number of hydrogen-bond donors (Lipinski definition) is 0. The largest absolute Gasteiger partial charge is 0.331 e. The molecule has 1 fully saturated rings. The van der Waals surface area contributed by atoms with E-state index in [9.17, 15) is 0 Å². The molecule has 0 N–H and O–H groups in total. The Morgan fingerprint density at radius 1 is 1.23 bits per heavy atom. The lowest BCUT2D eigenvalue weighted by molar-refractivity contribution is 0.308. The molecule has 0 aromatic carbocycles. The minimum absolute atomic E-state index is 0.445. The molecule has 0 saturated carbocycles. The monoisotopic (exact) mass is 299 g/mol. The third-order valence-electron chi connectivity index (χ3n) is 4.31. The Kier molecular flexibility index (Phi) is 4.25. The second-order valence-corrected chi connectivity index (χ2v) is 6.57. The molecule has 1 aliphatic heterocycles. The molecule has 1 atom stereocenters. The van der Waals surface area contributed by atoms with Crippen molar-refractivity contribution in [2.75, 3.05) is 13.1 Å². The highest BCUT2D eigenvalue weighted by Gasteiger charge is 2.27. The van der Waals surface area contributed by atoms with Crippen LogP contribution in [0.1, 0.15) is 55.3 Å². The van der Waals surface area contributed by atoms with E-state index < -0.39 is 0 Å². The van der Waals surface area contributed by atoms with E-state index in [0.29, 0.717) is 12.0 Å². The number of nitrogens with zero attached hydrogens (tertiary/aromatic N) is 5. The Morgan fingerprint density at radius 3 is 2.64 bits per heavy atom. The van der Waals surface area contributed by atoms with Gasteiger partial charge in [-0.1, -0.05) is 0 Å². The van der Waals surface area contributed by atoms with Crippen LogP contribution < -0.4 is 0 Å². The van der Waals surface area contributed by atoms with Crippen LogP contribution >= 0.6 is 0 Å². The molecule has 1 aliphatic rings. The number of imidazole rings is 1. The van der Waals surface area contributed by atoms with Crippen LogP contribution in [-0.2, 0) is 6.54 Å². The quantitative estimate of drug-likeness (QED) is 0.871. The lowest BCUT2D eigenvalue weighted by Gasteiger charge is -2.18. The molecule has 5 heteroatoms. The zero-order valence-electron chi connectivity index (χ0n) is 14.0. The van der Waals surface area contributed by atoms with E-state index in [-0.39, 0.29) is 0 Å². The third kappa shape index (κ3) is 3.19. The number of aromatic nitrogens is 4. The predicted octanol–water partition coefficient (Wildman–Crippen LogP) is 2.86. The van der Waals surface area contributed by atoms with Crippen LogP contribution in [0.2, 0.25) is 0 Å². The lowest BCUT2D eigenvalue weighted by atomic mass is 10.1. The summed E-state index contributed by atoms with van der Waals surface area (Å²) in [6, 6.07) is 2.49. The van der Waals surface area contributed by atoms with Crippen LogP contribution in [-0.4, -0.2) is 37.5 Å². The molecule has 22 heavy (non-hydrogen) atoms. The van der Waals surface area contributed by atoms with Crippen molar-refractivity contribution in [3.05, 3.63) is 41.5 Å². The Bertz CT molecular complexity index is 626. The molecule has 3 rings (SSSR count). The Hall–Kier alpha value is -1.75. The first-order valence-corrected chi connectivity index (χ1v) is 8.09. The highest BCUT2D eigenvalue weighted by Crippen LogP contribution is 2.26. The van der Waals surface area contributed by atoms with E-state index in [1.165, 1.54) is 0 Å². The molecule has 0 amide bonds. The molecular formula is C17H25N5. The average Bonchev–Trinajstić information content (AvgIpc) is 3.07. The predicted molar refractivity (Wildman–Crippen MR) is 86.8 cm³/mol. The van der Waals surface area contributed by atoms with E-state index in [2.05, 4.69) is 44.5 Å². The van der Waals surface area contributed by atoms with Crippen LogP contribution in [0.5, 0.6) is 0 Å². The van der Waals surface area contributed by atoms with Crippen molar-refractivity contribution in [2.24, 2.45) is 0 Å². The van der Waals surface area contributed by atoms with Gasteiger partial charge in [0.2, 0.25) is 0 Å². The molecule has 0 radical (unpaired) electrons. The van der Waals surface area contributed by atoms with Crippen molar-refractivity contribution in [3.8, 4) is 0 Å². The Labute approximate surface area is 132 Å². The van der Waals surface area contributed by atoms with Crippen molar-refractivity contribution in [1.82, 2.24) is 24.4 Å². The van der Waals surface area contributed by atoms with Crippen molar-refractivity contribution in [2.45, 2.75) is 52.6 Å². The summed E-state index contributed by atoms with van der Waals surface area (Å²) in [4.78, 5) is 16.3. The summed E-state index contributed by atoms with van der Waals surface area (Å²) in [7, 11) is 0. The first-order chi connectivity index (χ1) is 10.5. The lowest BCUT2D eigenvalue weighted by Crippen LogP contribution is -2.23. The van der Waals surface area contributed by atoms with Gasteiger partial charge in [0.1, 0.15) is 11.6 Å². The first-order valence-electron chi connectivity index (χ1n) is 8.09. The van der Waals surface area contributed by atoms with Gasteiger partial charge in [-0.3, -0.25) is 4.90 Å². The van der Waals surface area contributed by atoms with Gasteiger partial charge in [0.25, 0.3) is 0 Å². The molecular weight excluding hydrogens is 274 g/mol. The normalized spacial score (nSPS) is 19.2. The fraction of sp³-hybridized carbons (Fsp3) is 0.588. The molecule has 0 spiro atoms. The maximum atomic E-state index is 4.63. The van der Waals surface area contributed by atoms with E-state index in [0.717, 1.165) is 49.1 Å². The minimum atomic E-state index is 0.445. The van der Waals surface area contributed by atoms with Gasteiger partial charge in [0, 0.05) is 42.3 Å². The molecule has 1 saturated heterocycles. The van der Waals surface area contributed by atoms with Gasteiger partial charge in [-0.05, 0) is 46.7 Å². The summed E-state index contributed by atoms with van der Waals surface area (Å²) >= 11 is 0. The van der Waals surface area contributed by atoms with Gasteiger partial charge in [-0.2, -0.15) is 0 Å². The number of rotatable bonds is 4. The average molecular weight is 299 g/mol. The van der Waals surface area contributed by atoms with Crippen LogP contribution in [0.15, 0.2) is 18.5 Å². The summed E-state index contributed by atoms with van der Waals surface area (Å²) in [6.07, 6.45) is 5.10. The van der Waals surface area contributed by atoms with Gasteiger partial charge in [-0.15, -0.1) is 0 Å². The zero-order valence-corrected chi connectivity index (χ0v) is 14.0. The van der Waals surface area contributed by atoms with Crippen molar-refractivity contribution < 1.29 is 0 Å². The van der Waals surface area contributed by atoms with E-state index in [4.69, 9.17) is 0 Å². The van der Waals surface area contributed by atoms with Crippen molar-refractivity contribution >= 4 is 0 Å². The standard InChI is InChI=1S/C17H25N5/c1-12(2)22-8-6-18-16(22)11-21-7-5-15(10-21)17-19-13(3)9-14(4)20-17/h6,8-9,12,15H,5,7,10-11H2,1-4H3. The van der Waals surface area contributed by atoms with E-state index in [1.54, 1.807) is 0 Å². The Balaban J connectivity index is 1.68. The zero-order chi connectivity index (χ0) is 15.7.